The molecule has 3 nitrogen and oxygen atoms in total. The quantitative estimate of drug-likeness (QED) is 0.789. The lowest BCUT2D eigenvalue weighted by atomic mass is 10.1. The van der Waals surface area contributed by atoms with Crippen molar-refractivity contribution in [1.82, 2.24) is 0 Å². The van der Waals surface area contributed by atoms with Crippen molar-refractivity contribution in [2.24, 2.45) is 5.73 Å². The van der Waals surface area contributed by atoms with Crippen LogP contribution in [0.15, 0.2) is 24.3 Å². The van der Waals surface area contributed by atoms with Crippen molar-refractivity contribution >= 4 is 11.6 Å². The molecule has 1 aromatic carbocycles. The van der Waals surface area contributed by atoms with Gasteiger partial charge >= 0.3 is 0 Å². The summed E-state index contributed by atoms with van der Waals surface area (Å²) in [4.78, 5) is 13.7. The van der Waals surface area contributed by atoms with Gasteiger partial charge in [0.1, 0.15) is 0 Å². The molecule has 0 spiro atoms. The maximum atomic E-state index is 11.8. The van der Waals surface area contributed by atoms with E-state index in [1.807, 2.05) is 23.1 Å². The lowest BCUT2D eigenvalue weighted by Crippen LogP contribution is -2.34. The highest BCUT2D eigenvalue weighted by atomic mass is 16.2. The largest absolute Gasteiger partial charge is 0.329 e. The number of carbonyl (C=O) groups excluding carboxylic acids is 1. The van der Waals surface area contributed by atoms with Crippen LogP contribution in [0.3, 0.4) is 0 Å². The Kier molecular flexibility index (Phi) is 3.02. The SMILES string of the molecule is NCCN1C(=O)CCCc2ccccc21. The monoisotopic (exact) mass is 204 g/mol. The molecule has 3 heteroatoms. The molecule has 1 aliphatic rings. The van der Waals surface area contributed by atoms with Gasteiger partial charge in [-0.2, -0.15) is 0 Å². The van der Waals surface area contributed by atoms with Crippen LogP contribution >= 0.6 is 0 Å². The Morgan fingerprint density at radius 2 is 2.07 bits per heavy atom. The zero-order chi connectivity index (χ0) is 10.7. The Morgan fingerprint density at radius 1 is 1.27 bits per heavy atom. The number of amides is 1. The number of carbonyl (C=O) groups is 1. The van der Waals surface area contributed by atoms with Gasteiger partial charge in [-0.05, 0) is 24.5 Å². The van der Waals surface area contributed by atoms with Crippen LogP contribution in [0.1, 0.15) is 18.4 Å². The van der Waals surface area contributed by atoms with Gasteiger partial charge in [-0.3, -0.25) is 4.79 Å². The number of nitrogens with zero attached hydrogens (tertiary/aromatic N) is 1. The first-order valence-electron chi connectivity index (χ1n) is 5.41. The molecule has 1 aromatic rings. The molecule has 80 valence electrons. The topological polar surface area (TPSA) is 46.3 Å². The van der Waals surface area contributed by atoms with E-state index in [0.29, 0.717) is 19.5 Å². The van der Waals surface area contributed by atoms with E-state index in [1.54, 1.807) is 0 Å². The highest BCUT2D eigenvalue weighted by molar-refractivity contribution is 5.94. The van der Waals surface area contributed by atoms with Gasteiger partial charge in [-0.1, -0.05) is 18.2 Å². The van der Waals surface area contributed by atoms with Crippen LogP contribution in [0.2, 0.25) is 0 Å². The summed E-state index contributed by atoms with van der Waals surface area (Å²) in [5.41, 5.74) is 7.84. The molecule has 0 unspecified atom stereocenters. The second-order valence-electron chi connectivity index (χ2n) is 3.82. The van der Waals surface area contributed by atoms with Gasteiger partial charge in [0.2, 0.25) is 5.91 Å². The van der Waals surface area contributed by atoms with Gasteiger partial charge in [-0.15, -0.1) is 0 Å². The average molecular weight is 204 g/mol. The van der Waals surface area contributed by atoms with E-state index in [4.69, 9.17) is 5.73 Å². The van der Waals surface area contributed by atoms with Crippen LogP contribution in [0.25, 0.3) is 0 Å². The Labute approximate surface area is 89.9 Å². The van der Waals surface area contributed by atoms with Gasteiger partial charge in [0.25, 0.3) is 0 Å². The Morgan fingerprint density at radius 3 is 2.87 bits per heavy atom. The van der Waals surface area contributed by atoms with Crippen LogP contribution in [0, 0.1) is 0 Å². The number of fused-ring (bicyclic) bond motifs is 1. The molecular formula is C12H16N2O. The maximum absolute atomic E-state index is 11.8. The van der Waals surface area contributed by atoms with Crippen LogP contribution in [0.5, 0.6) is 0 Å². The van der Waals surface area contributed by atoms with Crippen molar-refractivity contribution in [3.05, 3.63) is 29.8 Å². The summed E-state index contributed by atoms with van der Waals surface area (Å²) in [6.07, 6.45) is 2.56. The van der Waals surface area contributed by atoms with E-state index in [9.17, 15) is 4.79 Å². The van der Waals surface area contributed by atoms with E-state index in [2.05, 4.69) is 6.07 Å². The van der Waals surface area contributed by atoms with Gasteiger partial charge in [0.15, 0.2) is 0 Å². The number of rotatable bonds is 2. The third-order valence-electron chi connectivity index (χ3n) is 2.77. The molecule has 0 aliphatic carbocycles. The van der Waals surface area contributed by atoms with Gasteiger partial charge < -0.3 is 10.6 Å². The third kappa shape index (κ3) is 2.02. The van der Waals surface area contributed by atoms with Gasteiger partial charge in [0.05, 0.1) is 0 Å². The van der Waals surface area contributed by atoms with Gasteiger partial charge in [0, 0.05) is 25.2 Å². The van der Waals surface area contributed by atoms with Crippen molar-refractivity contribution < 1.29 is 4.79 Å². The molecule has 0 fully saturated rings. The summed E-state index contributed by atoms with van der Waals surface area (Å²) in [6, 6.07) is 8.10. The molecule has 2 rings (SSSR count). The molecule has 1 amide bonds. The predicted octanol–water partition coefficient (Wildman–Crippen LogP) is 1.31. The summed E-state index contributed by atoms with van der Waals surface area (Å²) in [5.74, 6) is 0.199. The molecule has 0 radical (unpaired) electrons. The summed E-state index contributed by atoms with van der Waals surface area (Å²) < 4.78 is 0. The molecular weight excluding hydrogens is 188 g/mol. The molecule has 1 aliphatic heterocycles. The van der Waals surface area contributed by atoms with Crippen LogP contribution in [-0.4, -0.2) is 19.0 Å². The molecule has 2 N–H and O–H groups in total. The second kappa shape index (κ2) is 4.45. The molecule has 1 heterocycles. The van der Waals surface area contributed by atoms with Crippen LogP contribution in [-0.2, 0) is 11.2 Å². The molecule has 0 aromatic heterocycles. The number of hydrogen-bond donors (Lipinski definition) is 1. The highest BCUT2D eigenvalue weighted by Crippen LogP contribution is 2.26. The average Bonchev–Trinajstić information content (AvgIpc) is 2.40. The number of para-hydroxylation sites is 1. The Hall–Kier alpha value is -1.35. The maximum Gasteiger partial charge on any atom is 0.227 e. The van der Waals surface area contributed by atoms with E-state index < -0.39 is 0 Å². The molecule has 0 saturated heterocycles. The van der Waals surface area contributed by atoms with E-state index in [-0.39, 0.29) is 5.91 Å². The highest BCUT2D eigenvalue weighted by Gasteiger charge is 2.20. The number of aryl methyl sites for hydroxylation is 1. The number of hydrogen-bond acceptors (Lipinski definition) is 2. The summed E-state index contributed by atoms with van der Waals surface area (Å²) in [5, 5.41) is 0. The Bertz CT molecular complexity index is 362. The minimum Gasteiger partial charge on any atom is -0.329 e. The lowest BCUT2D eigenvalue weighted by molar-refractivity contribution is -0.118. The first-order chi connectivity index (χ1) is 7.33. The fourth-order valence-corrected chi connectivity index (χ4v) is 2.06. The smallest absolute Gasteiger partial charge is 0.227 e. The number of benzene rings is 1. The zero-order valence-electron chi connectivity index (χ0n) is 8.78. The standard InChI is InChI=1S/C12H16N2O/c13-8-9-14-11-6-2-1-4-10(11)5-3-7-12(14)15/h1-2,4,6H,3,5,7-9,13H2. The van der Waals surface area contributed by atoms with E-state index >= 15 is 0 Å². The van der Waals surface area contributed by atoms with E-state index in [0.717, 1.165) is 18.5 Å². The fourth-order valence-electron chi connectivity index (χ4n) is 2.06. The summed E-state index contributed by atoms with van der Waals surface area (Å²) in [6.45, 7) is 1.13. The van der Waals surface area contributed by atoms with Crippen molar-refractivity contribution in [3.63, 3.8) is 0 Å². The third-order valence-corrected chi connectivity index (χ3v) is 2.77. The van der Waals surface area contributed by atoms with Crippen molar-refractivity contribution in [1.29, 1.82) is 0 Å². The number of anilines is 1. The molecule has 0 saturated carbocycles. The normalized spacial score (nSPS) is 16.1. The molecule has 0 bridgehead atoms. The minimum atomic E-state index is 0.199. The van der Waals surface area contributed by atoms with E-state index in [1.165, 1.54) is 5.56 Å². The van der Waals surface area contributed by atoms with Crippen LogP contribution in [0.4, 0.5) is 5.69 Å². The fraction of sp³-hybridized carbons (Fsp3) is 0.417. The molecule has 15 heavy (non-hydrogen) atoms. The second-order valence-corrected chi connectivity index (χ2v) is 3.82. The predicted molar refractivity (Wildman–Crippen MR) is 60.8 cm³/mol. The summed E-state index contributed by atoms with van der Waals surface area (Å²) in [7, 11) is 0. The van der Waals surface area contributed by atoms with Crippen molar-refractivity contribution in [3.8, 4) is 0 Å². The zero-order valence-corrected chi connectivity index (χ0v) is 8.78. The molecule has 0 atom stereocenters. The minimum absolute atomic E-state index is 0.199. The first kappa shape index (κ1) is 10.2. The van der Waals surface area contributed by atoms with Crippen LogP contribution < -0.4 is 10.6 Å². The van der Waals surface area contributed by atoms with Gasteiger partial charge in [-0.25, -0.2) is 0 Å². The first-order valence-corrected chi connectivity index (χ1v) is 5.41. The Balaban J connectivity index is 2.38. The lowest BCUT2D eigenvalue weighted by Gasteiger charge is -2.22. The van der Waals surface area contributed by atoms with Crippen molar-refractivity contribution in [2.75, 3.05) is 18.0 Å². The van der Waals surface area contributed by atoms with Crippen molar-refractivity contribution in [2.45, 2.75) is 19.3 Å². The number of nitrogens with two attached hydrogens (primary N) is 1. The summed E-state index contributed by atoms with van der Waals surface area (Å²) >= 11 is 0.